The number of piperazine rings is 1. The molecule has 1 aromatic rings. The number of aromatic nitrogens is 1. The molecule has 0 unspecified atom stereocenters. The minimum absolute atomic E-state index is 0.954. The van der Waals surface area contributed by atoms with Crippen molar-refractivity contribution in [1.82, 2.24) is 15.2 Å². The molecule has 2 heterocycles. The Morgan fingerprint density at radius 2 is 2.24 bits per heavy atom. The molecule has 0 spiro atoms. The highest BCUT2D eigenvalue weighted by Gasteiger charge is 2.08. The Balaban J connectivity index is 1.77. The van der Waals surface area contributed by atoms with E-state index in [2.05, 4.69) is 49.4 Å². The van der Waals surface area contributed by atoms with Crippen LogP contribution in [-0.4, -0.2) is 49.2 Å². The van der Waals surface area contributed by atoms with Crippen LogP contribution in [0.3, 0.4) is 0 Å². The number of hydrogen-bond acceptors (Lipinski definition) is 4. The van der Waals surface area contributed by atoms with Crippen molar-refractivity contribution in [3.8, 4) is 0 Å². The van der Waals surface area contributed by atoms with Crippen LogP contribution in [0.4, 0.5) is 5.82 Å². The lowest BCUT2D eigenvalue weighted by Crippen LogP contribution is -2.45. The van der Waals surface area contributed by atoms with Gasteiger partial charge in [-0.15, -0.1) is 0 Å². The van der Waals surface area contributed by atoms with Crippen molar-refractivity contribution in [2.75, 3.05) is 44.6 Å². The standard InChI is InChI=1S/C12H19BrN4/c1-10-8-11(13)9-16-12(10)15-4-7-17-5-2-14-3-6-17/h8-9,14H,2-7H2,1H3,(H,15,16). The zero-order valence-corrected chi connectivity index (χ0v) is 11.8. The minimum Gasteiger partial charge on any atom is -0.369 e. The van der Waals surface area contributed by atoms with Crippen molar-refractivity contribution in [1.29, 1.82) is 0 Å². The van der Waals surface area contributed by atoms with Crippen LogP contribution in [0.25, 0.3) is 0 Å². The van der Waals surface area contributed by atoms with E-state index in [4.69, 9.17) is 0 Å². The zero-order valence-electron chi connectivity index (χ0n) is 10.2. The molecule has 0 amide bonds. The monoisotopic (exact) mass is 298 g/mol. The van der Waals surface area contributed by atoms with E-state index in [-0.39, 0.29) is 0 Å². The average molecular weight is 299 g/mol. The van der Waals surface area contributed by atoms with Gasteiger partial charge in [0.1, 0.15) is 5.82 Å². The highest BCUT2D eigenvalue weighted by molar-refractivity contribution is 9.10. The van der Waals surface area contributed by atoms with E-state index in [1.165, 1.54) is 5.56 Å². The van der Waals surface area contributed by atoms with Gasteiger partial charge < -0.3 is 10.6 Å². The van der Waals surface area contributed by atoms with Gasteiger partial charge in [-0.3, -0.25) is 4.90 Å². The van der Waals surface area contributed by atoms with Crippen LogP contribution in [0.2, 0.25) is 0 Å². The summed E-state index contributed by atoms with van der Waals surface area (Å²) in [6, 6.07) is 2.08. The van der Waals surface area contributed by atoms with E-state index in [0.717, 1.165) is 49.6 Å². The molecule has 1 aliphatic rings. The maximum atomic E-state index is 4.37. The zero-order chi connectivity index (χ0) is 12.1. The first-order valence-electron chi connectivity index (χ1n) is 6.05. The molecule has 4 nitrogen and oxygen atoms in total. The predicted octanol–water partition coefficient (Wildman–Crippen LogP) is 1.47. The molecular weight excluding hydrogens is 280 g/mol. The SMILES string of the molecule is Cc1cc(Br)cnc1NCCN1CCNCC1. The van der Waals surface area contributed by atoms with E-state index >= 15 is 0 Å². The minimum atomic E-state index is 0.954. The first-order valence-corrected chi connectivity index (χ1v) is 6.84. The molecule has 2 N–H and O–H groups in total. The van der Waals surface area contributed by atoms with Crippen molar-refractivity contribution in [3.63, 3.8) is 0 Å². The molecule has 1 aliphatic heterocycles. The summed E-state index contributed by atoms with van der Waals surface area (Å²) in [6.45, 7) is 8.62. The molecule has 1 saturated heterocycles. The van der Waals surface area contributed by atoms with Gasteiger partial charge in [0.25, 0.3) is 0 Å². The summed E-state index contributed by atoms with van der Waals surface area (Å²) in [7, 11) is 0. The third-order valence-electron chi connectivity index (χ3n) is 2.97. The lowest BCUT2D eigenvalue weighted by atomic mass is 10.3. The summed E-state index contributed by atoms with van der Waals surface area (Å²) in [4.78, 5) is 6.84. The molecular formula is C12H19BrN4. The first-order chi connectivity index (χ1) is 8.25. The topological polar surface area (TPSA) is 40.2 Å². The smallest absolute Gasteiger partial charge is 0.128 e. The number of nitrogens with one attached hydrogen (secondary N) is 2. The van der Waals surface area contributed by atoms with Crippen molar-refractivity contribution in [2.45, 2.75) is 6.92 Å². The Morgan fingerprint density at radius 3 is 2.94 bits per heavy atom. The third-order valence-corrected chi connectivity index (χ3v) is 3.41. The molecule has 0 saturated carbocycles. The number of aryl methyl sites for hydroxylation is 1. The largest absolute Gasteiger partial charge is 0.369 e. The third kappa shape index (κ3) is 3.94. The van der Waals surface area contributed by atoms with Crippen LogP contribution in [-0.2, 0) is 0 Å². The molecule has 2 rings (SSSR count). The number of anilines is 1. The van der Waals surface area contributed by atoms with Crippen molar-refractivity contribution < 1.29 is 0 Å². The van der Waals surface area contributed by atoms with Gasteiger partial charge in [0, 0.05) is 49.9 Å². The second kappa shape index (κ2) is 6.33. The molecule has 0 radical (unpaired) electrons. The lowest BCUT2D eigenvalue weighted by molar-refractivity contribution is 0.249. The van der Waals surface area contributed by atoms with E-state index in [9.17, 15) is 0 Å². The molecule has 17 heavy (non-hydrogen) atoms. The fourth-order valence-corrected chi connectivity index (χ4v) is 2.44. The van der Waals surface area contributed by atoms with Crippen LogP contribution in [0, 0.1) is 6.92 Å². The molecule has 0 bridgehead atoms. The Hall–Kier alpha value is -0.650. The number of nitrogens with zero attached hydrogens (tertiary/aromatic N) is 2. The predicted molar refractivity (Wildman–Crippen MR) is 74.5 cm³/mol. The Kier molecular flexibility index (Phi) is 4.76. The second-order valence-corrected chi connectivity index (χ2v) is 5.25. The van der Waals surface area contributed by atoms with E-state index in [1.54, 1.807) is 0 Å². The number of halogens is 1. The van der Waals surface area contributed by atoms with Crippen molar-refractivity contribution >= 4 is 21.7 Å². The van der Waals surface area contributed by atoms with Gasteiger partial charge in [0.05, 0.1) is 0 Å². The summed E-state index contributed by atoms with van der Waals surface area (Å²) in [6.07, 6.45) is 1.83. The fourth-order valence-electron chi connectivity index (χ4n) is 1.99. The summed E-state index contributed by atoms with van der Waals surface area (Å²) >= 11 is 3.42. The average Bonchev–Trinajstić information content (AvgIpc) is 2.33. The Bertz CT molecular complexity index is 364. The number of hydrogen-bond donors (Lipinski definition) is 2. The van der Waals surface area contributed by atoms with Crippen LogP contribution in [0.1, 0.15) is 5.56 Å². The molecule has 94 valence electrons. The van der Waals surface area contributed by atoms with E-state index in [0.29, 0.717) is 0 Å². The van der Waals surface area contributed by atoms with Gasteiger partial charge in [-0.1, -0.05) is 0 Å². The molecule has 1 fully saturated rings. The Morgan fingerprint density at radius 1 is 1.47 bits per heavy atom. The highest BCUT2D eigenvalue weighted by Crippen LogP contribution is 2.16. The fraction of sp³-hybridized carbons (Fsp3) is 0.583. The van der Waals surface area contributed by atoms with Crippen LogP contribution < -0.4 is 10.6 Å². The van der Waals surface area contributed by atoms with Gasteiger partial charge in [-0.2, -0.15) is 0 Å². The van der Waals surface area contributed by atoms with Crippen LogP contribution in [0.15, 0.2) is 16.7 Å². The highest BCUT2D eigenvalue weighted by atomic mass is 79.9. The summed E-state index contributed by atoms with van der Waals surface area (Å²) in [5.74, 6) is 0.989. The molecule has 1 aromatic heterocycles. The summed E-state index contributed by atoms with van der Waals surface area (Å²) in [5.41, 5.74) is 1.18. The summed E-state index contributed by atoms with van der Waals surface area (Å²) < 4.78 is 1.03. The van der Waals surface area contributed by atoms with Gasteiger partial charge in [-0.25, -0.2) is 4.98 Å². The van der Waals surface area contributed by atoms with Gasteiger partial charge >= 0.3 is 0 Å². The summed E-state index contributed by atoms with van der Waals surface area (Å²) in [5, 5.41) is 6.75. The quantitative estimate of drug-likeness (QED) is 0.883. The molecule has 0 aliphatic carbocycles. The van der Waals surface area contributed by atoms with Gasteiger partial charge in [0.2, 0.25) is 0 Å². The second-order valence-electron chi connectivity index (χ2n) is 4.34. The van der Waals surface area contributed by atoms with E-state index < -0.39 is 0 Å². The molecule has 0 aromatic carbocycles. The maximum absolute atomic E-state index is 4.37. The first kappa shape index (κ1) is 12.8. The normalized spacial score (nSPS) is 17.1. The van der Waals surface area contributed by atoms with Gasteiger partial charge in [-0.05, 0) is 34.5 Å². The van der Waals surface area contributed by atoms with Gasteiger partial charge in [0.15, 0.2) is 0 Å². The molecule has 0 atom stereocenters. The number of rotatable bonds is 4. The number of pyridine rings is 1. The van der Waals surface area contributed by atoms with Crippen molar-refractivity contribution in [3.05, 3.63) is 22.3 Å². The van der Waals surface area contributed by atoms with Crippen LogP contribution >= 0.6 is 15.9 Å². The van der Waals surface area contributed by atoms with Crippen molar-refractivity contribution in [2.24, 2.45) is 0 Å². The van der Waals surface area contributed by atoms with Crippen LogP contribution in [0.5, 0.6) is 0 Å². The Labute approximate surface area is 111 Å². The lowest BCUT2D eigenvalue weighted by Gasteiger charge is -2.27. The maximum Gasteiger partial charge on any atom is 0.128 e. The molecule has 5 heteroatoms. The van der Waals surface area contributed by atoms with E-state index in [1.807, 2.05) is 6.20 Å².